The first-order valence-corrected chi connectivity index (χ1v) is 9.82. The van der Waals surface area contributed by atoms with Crippen LogP contribution in [0.2, 0.25) is 0 Å². The van der Waals surface area contributed by atoms with Gasteiger partial charge in [-0.3, -0.25) is 9.36 Å². The van der Waals surface area contributed by atoms with E-state index in [-0.39, 0.29) is 11.1 Å². The van der Waals surface area contributed by atoms with E-state index < -0.39 is 5.97 Å². The summed E-state index contributed by atoms with van der Waals surface area (Å²) < 4.78 is 1.67. The van der Waals surface area contributed by atoms with Crippen LogP contribution in [0.15, 0.2) is 47.3 Å². The topological polar surface area (TPSA) is 78.7 Å². The summed E-state index contributed by atoms with van der Waals surface area (Å²) in [5, 5.41) is 9.70. The molecule has 0 saturated carbocycles. The highest BCUT2D eigenvalue weighted by Crippen LogP contribution is 2.21. The predicted octanol–water partition coefficient (Wildman–Crippen LogP) is 2.75. The summed E-state index contributed by atoms with van der Waals surface area (Å²) in [6.07, 6.45) is 0. The largest absolute Gasteiger partial charge is 0.478 e. The standard InChI is InChI=1S/C22H24N4O3/c1-3-26-20(27)18-9-6-16(21(28)29)14-19(18)23-22(26)25-12-10-24(11-13-25)17-7-4-15(2)5-8-17/h4-9,14H,3,10-13H2,1-2H3,(H,28,29). The Bertz CT molecular complexity index is 1110. The van der Waals surface area contributed by atoms with Crippen LogP contribution in [0.4, 0.5) is 11.6 Å². The fourth-order valence-electron chi connectivity index (χ4n) is 3.79. The highest BCUT2D eigenvalue weighted by molar-refractivity contribution is 5.93. The zero-order valence-corrected chi connectivity index (χ0v) is 16.6. The minimum absolute atomic E-state index is 0.133. The van der Waals surface area contributed by atoms with E-state index in [1.165, 1.54) is 23.4 Å². The lowest BCUT2D eigenvalue weighted by Crippen LogP contribution is -2.48. The number of hydrogen-bond donors (Lipinski definition) is 1. The summed E-state index contributed by atoms with van der Waals surface area (Å²) in [5.41, 5.74) is 2.86. The van der Waals surface area contributed by atoms with Gasteiger partial charge in [0.1, 0.15) is 0 Å². The number of rotatable bonds is 4. The van der Waals surface area contributed by atoms with Crippen molar-refractivity contribution in [3.05, 3.63) is 63.9 Å². The Morgan fingerprint density at radius 2 is 1.69 bits per heavy atom. The van der Waals surface area contributed by atoms with Gasteiger partial charge in [0, 0.05) is 38.4 Å². The number of anilines is 2. The molecule has 1 aliphatic rings. The van der Waals surface area contributed by atoms with Crippen molar-refractivity contribution in [3.63, 3.8) is 0 Å². The quantitative estimate of drug-likeness (QED) is 0.736. The van der Waals surface area contributed by atoms with Gasteiger partial charge in [-0.2, -0.15) is 0 Å². The van der Waals surface area contributed by atoms with Crippen molar-refractivity contribution in [3.8, 4) is 0 Å². The lowest BCUT2D eigenvalue weighted by Gasteiger charge is -2.37. The summed E-state index contributed by atoms with van der Waals surface area (Å²) in [5.74, 6) is -0.419. The first-order valence-electron chi connectivity index (χ1n) is 9.82. The molecule has 4 rings (SSSR count). The van der Waals surface area contributed by atoms with Gasteiger partial charge in [-0.15, -0.1) is 0 Å². The first kappa shape index (κ1) is 19.0. The molecule has 0 bridgehead atoms. The highest BCUT2D eigenvalue weighted by atomic mass is 16.4. The molecule has 2 aromatic carbocycles. The average Bonchev–Trinajstić information content (AvgIpc) is 2.74. The van der Waals surface area contributed by atoms with E-state index in [2.05, 4.69) is 46.0 Å². The fourth-order valence-corrected chi connectivity index (χ4v) is 3.79. The molecule has 29 heavy (non-hydrogen) atoms. The number of nitrogens with zero attached hydrogens (tertiary/aromatic N) is 4. The van der Waals surface area contributed by atoms with Crippen LogP contribution >= 0.6 is 0 Å². The molecule has 0 amide bonds. The minimum Gasteiger partial charge on any atom is -0.478 e. The second-order valence-electron chi connectivity index (χ2n) is 7.31. The van der Waals surface area contributed by atoms with Gasteiger partial charge in [0.25, 0.3) is 5.56 Å². The normalized spacial score (nSPS) is 14.4. The highest BCUT2D eigenvalue weighted by Gasteiger charge is 2.22. The van der Waals surface area contributed by atoms with Crippen molar-refractivity contribution in [2.75, 3.05) is 36.0 Å². The van der Waals surface area contributed by atoms with Crippen LogP contribution in [0, 0.1) is 6.92 Å². The smallest absolute Gasteiger partial charge is 0.335 e. The second-order valence-corrected chi connectivity index (χ2v) is 7.31. The van der Waals surface area contributed by atoms with E-state index in [0.717, 1.165) is 26.2 Å². The van der Waals surface area contributed by atoms with Crippen LogP contribution < -0.4 is 15.4 Å². The van der Waals surface area contributed by atoms with E-state index in [4.69, 9.17) is 0 Å². The maximum Gasteiger partial charge on any atom is 0.335 e. The van der Waals surface area contributed by atoms with Gasteiger partial charge in [0.2, 0.25) is 5.95 Å². The second kappa shape index (κ2) is 7.58. The molecule has 1 aliphatic heterocycles. The van der Waals surface area contributed by atoms with E-state index in [9.17, 15) is 14.7 Å². The molecule has 0 unspecified atom stereocenters. The van der Waals surface area contributed by atoms with Gasteiger partial charge in [-0.1, -0.05) is 17.7 Å². The van der Waals surface area contributed by atoms with Crippen molar-refractivity contribution < 1.29 is 9.90 Å². The van der Waals surface area contributed by atoms with E-state index in [1.807, 2.05) is 6.92 Å². The van der Waals surface area contributed by atoms with Crippen LogP contribution in [0.5, 0.6) is 0 Å². The first-order chi connectivity index (χ1) is 14.0. The maximum atomic E-state index is 13.0. The van der Waals surface area contributed by atoms with Gasteiger partial charge in [0.05, 0.1) is 16.5 Å². The molecule has 1 aromatic heterocycles. The van der Waals surface area contributed by atoms with Gasteiger partial charge in [0.15, 0.2) is 0 Å². The Balaban J connectivity index is 1.65. The van der Waals surface area contributed by atoms with Crippen LogP contribution in [-0.2, 0) is 6.54 Å². The van der Waals surface area contributed by atoms with Crippen molar-refractivity contribution >= 4 is 28.5 Å². The van der Waals surface area contributed by atoms with Crippen LogP contribution in [0.1, 0.15) is 22.8 Å². The third-order valence-corrected chi connectivity index (χ3v) is 5.46. The van der Waals surface area contributed by atoms with Gasteiger partial charge >= 0.3 is 5.97 Å². The number of carbonyl (C=O) groups is 1. The Labute approximate surface area is 168 Å². The fraction of sp³-hybridized carbons (Fsp3) is 0.318. The Morgan fingerprint density at radius 1 is 1.03 bits per heavy atom. The number of benzene rings is 2. The summed E-state index contributed by atoms with van der Waals surface area (Å²) in [7, 11) is 0. The number of carboxylic acid groups (broad SMARTS) is 1. The number of aromatic carboxylic acids is 1. The number of aromatic nitrogens is 2. The lowest BCUT2D eigenvalue weighted by atomic mass is 10.1. The molecule has 0 spiro atoms. The Kier molecular flexibility index (Phi) is 4.96. The Hall–Kier alpha value is -3.35. The summed E-state index contributed by atoms with van der Waals surface area (Å²) in [4.78, 5) is 33.4. The third kappa shape index (κ3) is 3.55. The number of piperazine rings is 1. The van der Waals surface area contributed by atoms with E-state index in [1.54, 1.807) is 10.6 Å². The number of aryl methyl sites for hydroxylation is 1. The molecule has 2 heterocycles. The van der Waals surface area contributed by atoms with Gasteiger partial charge in [-0.25, -0.2) is 9.78 Å². The van der Waals surface area contributed by atoms with E-state index in [0.29, 0.717) is 23.4 Å². The number of fused-ring (bicyclic) bond motifs is 1. The zero-order chi connectivity index (χ0) is 20.5. The molecule has 1 saturated heterocycles. The summed E-state index contributed by atoms with van der Waals surface area (Å²) in [6.45, 7) is 7.65. The molecule has 0 radical (unpaired) electrons. The van der Waals surface area contributed by atoms with Crippen molar-refractivity contribution in [1.29, 1.82) is 0 Å². The molecule has 3 aromatic rings. The third-order valence-electron chi connectivity index (χ3n) is 5.46. The average molecular weight is 392 g/mol. The molecule has 7 nitrogen and oxygen atoms in total. The van der Waals surface area contributed by atoms with Crippen molar-refractivity contribution in [1.82, 2.24) is 9.55 Å². The van der Waals surface area contributed by atoms with Gasteiger partial charge in [-0.05, 0) is 44.2 Å². The molecule has 150 valence electrons. The van der Waals surface area contributed by atoms with Crippen molar-refractivity contribution in [2.45, 2.75) is 20.4 Å². The molecule has 1 N–H and O–H groups in total. The van der Waals surface area contributed by atoms with Gasteiger partial charge < -0.3 is 14.9 Å². The van der Waals surface area contributed by atoms with Crippen LogP contribution in [0.25, 0.3) is 10.9 Å². The predicted molar refractivity (Wildman–Crippen MR) is 114 cm³/mol. The lowest BCUT2D eigenvalue weighted by molar-refractivity contribution is 0.0697. The molecule has 0 atom stereocenters. The maximum absolute atomic E-state index is 13.0. The summed E-state index contributed by atoms with van der Waals surface area (Å²) in [6, 6.07) is 13.0. The molecular formula is C22H24N4O3. The van der Waals surface area contributed by atoms with E-state index >= 15 is 0 Å². The van der Waals surface area contributed by atoms with Crippen LogP contribution in [0.3, 0.4) is 0 Å². The molecule has 7 heteroatoms. The summed E-state index contributed by atoms with van der Waals surface area (Å²) >= 11 is 0. The molecule has 1 fully saturated rings. The number of hydrogen-bond acceptors (Lipinski definition) is 5. The molecule has 0 aliphatic carbocycles. The number of carboxylic acids is 1. The Morgan fingerprint density at radius 3 is 2.31 bits per heavy atom. The zero-order valence-electron chi connectivity index (χ0n) is 16.6. The van der Waals surface area contributed by atoms with Crippen molar-refractivity contribution in [2.24, 2.45) is 0 Å². The molecular weight excluding hydrogens is 368 g/mol. The van der Waals surface area contributed by atoms with Crippen LogP contribution in [-0.4, -0.2) is 46.8 Å². The SMILES string of the molecule is CCn1c(N2CCN(c3ccc(C)cc3)CC2)nc2cc(C(=O)O)ccc2c1=O. The minimum atomic E-state index is -1.03. The monoisotopic (exact) mass is 392 g/mol.